The normalized spacial score (nSPS) is 12.9. The second-order valence-electron chi connectivity index (χ2n) is 5.09. The van der Waals surface area contributed by atoms with E-state index in [4.69, 9.17) is 0 Å². The average molecular weight is 319 g/mol. The molecule has 1 unspecified atom stereocenters. The third-order valence-corrected chi connectivity index (χ3v) is 4.73. The van der Waals surface area contributed by atoms with Crippen molar-refractivity contribution in [2.45, 2.75) is 25.6 Å². The SMILES string of the molecule is CCc1cccc(N(CC)C(c2ccccc2)S(=O)(=O)O)c1. The number of nitrogens with zero attached hydrogens (tertiary/aromatic N) is 1. The first kappa shape index (κ1) is 16.5. The minimum atomic E-state index is -4.27. The Bertz CT molecular complexity index is 714. The molecule has 0 radical (unpaired) electrons. The highest BCUT2D eigenvalue weighted by Crippen LogP contribution is 2.31. The third kappa shape index (κ3) is 3.67. The maximum atomic E-state index is 12.0. The van der Waals surface area contributed by atoms with Gasteiger partial charge in [0.05, 0.1) is 0 Å². The van der Waals surface area contributed by atoms with Gasteiger partial charge in [-0.2, -0.15) is 8.42 Å². The van der Waals surface area contributed by atoms with Gasteiger partial charge in [0.25, 0.3) is 10.1 Å². The molecule has 0 spiro atoms. The van der Waals surface area contributed by atoms with E-state index in [2.05, 4.69) is 0 Å². The van der Waals surface area contributed by atoms with Crippen molar-refractivity contribution in [2.75, 3.05) is 11.4 Å². The van der Waals surface area contributed by atoms with Gasteiger partial charge in [-0.25, -0.2) is 0 Å². The van der Waals surface area contributed by atoms with Gasteiger partial charge in [-0.15, -0.1) is 0 Å². The van der Waals surface area contributed by atoms with E-state index in [-0.39, 0.29) is 0 Å². The Balaban J connectivity index is 2.53. The van der Waals surface area contributed by atoms with E-state index < -0.39 is 15.5 Å². The number of aryl methyl sites for hydroxylation is 1. The molecule has 0 saturated carbocycles. The van der Waals surface area contributed by atoms with Crippen LogP contribution in [0.15, 0.2) is 54.6 Å². The quantitative estimate of drug-likeness (QED) is 0.826. The van der Waals surface area contributed by atoms with Crippen LogP contribution in [0.4, 0.5) is 5.69 Å². The van der Waals surface area contributed by atoms with Crippen LogP contribution in [0.3, 0.4) is 0 Å². The van der Waals surface area contributed by atoms with Gasteiger partial charge >= 0.3 is 0 Å². The van der Waals surface area contributed by atoms with Crippen molar-refractivity contribution in [2.24, 2.45) is 0 Å². The molecule has 1 N–H and O–H groups in total. The molecule has 0 aliphatic rings. The zero-order valence-corrected chi connectivity index (χ0v) is 13.6. The molecule has 0 bridgehead atoms. The zero-order valence-electron chi connectivity index (χ0n) is 12.8. The minimum absolute atomic E-state index is 0.465. The van der Waals surface area contributed by atoms with E-state index >= 15 is 0 Å². The maximum absolute atomic E-state index is 12.0. The molecule has 0 heterocycles. The molecule has 0 saturated heterocycles. The first-order valence-corrected chi connectivity index (χ1v) is 8.84. The Morgan fingerprint density at radius 2 is 1.73 bits per heavy atom. The van der Waals surface area contributed by atoms with Gasteiger partial charge < -0.3 is 4.90 Å². The third-order valence-electron chi connectivity index (χ3n) is 3.64. The highest BCUT2D eigenvalue weighted by Gasteiger charge is 2.31. The second kappa shape index (κ2) is 6.94. The van der Waals surface area contributed by atoms with Gasteiger partial charge in [0.2, 0.25) is 0 Å². The molecule has 0 aliphatic heterocycles. The maximum Gasteiger partial charge on any atom is 0.290 e. The molecule has 0 amide bonds. The van der Waals surface area contributed by atoms with Crippen molar-refractivity contribution >= 4 is 15.8 Å². The number of benzene rings is 2. The molecular weight excluding hydrogens is 298 g/mol. The van der Waals surface area contributed by atoms with Crippen molar-refractivity contribution in [1.29, 1.82) is 0 Å². The Morgan fingerprint density at radius 3 is 2.27 bits per heavy atom. The molecule has 4 nitrogen and oxygen atoms in total. The monoisotopic (exact) mass is 319 g/mol. The summed E-state index contributed by atoms with van der Waals surface area (Å²) in [7, 11) is -4.27. The molecule has 0 aromatic heterocycles. The van der Waals surface area contributed by atoms with E-state index in [1.807, 2.05) is 44.2 Å². The highest BCUT2D eigenvalue weighted by molar-refractivity contribution is 7.86. The Labute approximate surface area is 132 Å². The average Bonchev–Trinajstić information content (AvgIpc) is 2.52. The second-order valence-corrected chi connectivity index (χ2v) is 6.56. The number of hydrogen-bond acceptors (Lipinski definition) is 3. The number of rotatable bonds is 6. The van der Waals surface area contributed by atoms with E-state index in [0.29, 0.717) is 12.1 Å². The number of anilines is 1. The Kier molecular flexibility index (Phi) is 5.21. The predicted molar refractivity (Wildman–Crippen MR) is 89.6 cm³/mol. The summed E-state index contributed by atoms with van der Waals surface area (Å²) in [4.78, 5) is 1.70. The molecule has 22 heavy (non-hydrogen) atoms. The zero-order chi connectivity index (χ0) is 16.2. The lowest BCUT2D eigenvalue weighted by Crippen LogP contribution is -2.34. The standard InChI is InChI=1S/C17H21NO3S/c1-3-14-9-8-12-16(13-14)18(4-2)17(22(19,20)21)15-10-6-5-7-11-15/h5-13,17H,3-4H2,1-2H3,(H,19,20,21). The van der Waals surface area contributed by atoms with Crippen LogP contribution in [0.5, 0.6) is 0 Å². The van der Waals surface area contributed by atoms with Gasteiger partial charge in [0.15, 0.2) is 5.37 Å². The smallest absolute Gasteiger partial charge is 0.290 e. The van der Waals surface area contributed by atoms with E-state index in [1.165, 1.54) is 0 Å². The highest BCUT2D eigenvalue weighted by atomic mass is 32.2. The first-order valence-electron chi connectivity index (χ1n) is 7.34. The predicted octanol–water partition coefficient (Wildman–Crippen LogP) is 3.66. The van der Waals surface area contributed by atoms with Crippen molar-refractivity contribution in [3.63, 3.8) is 0 Å². The van der Waals surface area contributed by atoms with Crippen LogP contribution in [-0.2, 0) is 16.5 Å². The van der Waals surface area contributed by atoms with Gasteiger partial charge in [0, 0.05) is 12.2 Å². The summed E-state index contributed by atoms with van der Waals surface area (Å²) in [6.07, 6.45) is 0.868. The van der Waals surface area contributed by atoms with Crippen molar-refractivity contribution in [3.8, 4) is 0 Å². The lowest BCUT2D eigenvalue weighted by molar-refractivity contribution is 0.465. The first-order chi connectivity index (χ1) is 10.5. The van der Waals surface area contributed by atoms with Crippen molar-refractivity contribution < 1.29 is 13.0 Å². The van der Waals surface area contributed by atoms with Gasteiger partial charge in [-0.05, 0) is 36.6 Å². The van der Waals surface area contributed by atoms with Crippen LogP contribution in [0.2, 0.25) is 0 Å². The summed E-state index contributed by atoms with van der Waals surface area (Å²) in [6.45, 7) is 4.39. The molecule has 118 valence electrons. The summed E-state index contributed by atoms with van der Waals surface area (Å²) in [6, 6.07) is 16.5. The van der Waals surface area contributed by atoms with E-state index in [0.717, 1.165) is 17.7 Å². The van der Waals surface area contributed by atoms with Crippen molar-refractivity contribution in [1.82, 2.24) is 0 Å². The Morgan fingerprint density at radius 1 is 1.05 bits per heavy atom. The molecular formula is C17H21NO3S. The summed E-state index contributed by atoms with van der Waals surface area (Å²) < 4.78 is 33.7. The fourth-order valence-corrected chi connectivity index (χ4v) is 3.66. The largest absolute Gasteiger partial charge is 0.350 e. The van der Waals surface area contributed by atoms with Crippen LogP contribution in [-0.4, -0.2) is 19.5 Å². The van der Waals surface area contributed by atoms with Crippen LogP contribution in [0.25, 0.3) is 0 Å². The van der Waals surface area contributed by atoms with E-state index in [1.54, 1.807) is 29.2 Å². The molecule has 2 rings (SSSR count). The fourth-order valence-electron chi connectivity index (χ4n) is 2.57. The lowest BCUT2D eigenvalue weighted by atomic mass is 10.1. The molecule has 2 aromatic rings. The Hall–Kier alpha value is -1.85. The minimum Gasteiger partial charge on any atom is -0.350 e. The molecule has 5 heteroatoms. The van der Waals surface area contributed by atoms with Crippen molar-refractivity contribution in [3.05, 3.63) is 65.7 Å². The van der Waals surface area contributed by atoms with Crippen LogP contribution < -0.4 is 4.90 Å². The topological polar surface area (TPSA) is 57.6 Å². The lowest BCUT2D eigenvalue weighted by Gasteiger charge is -2.31. The summed E-state index contributed by atoms with van der Waals surface area (Å²) >= 11 is 0. The molecule has 0 fully saturated rings. The van der Waals surface area contributed by atoms with E-state index in [9.17, 15) is 13.0 Å². The number of hydrogen-bond donors (Lipinski definition) is 1. The molecule has 1 atom stereocenters. The summed E-state index contributed by atoms with van der Waals surface area (Å²) in [5.41, 5.74) is 2.46. The molecule has 2 aromatic carbocycles. The van der Waals surface area contributed by atoms with Crippen LogP contribution in [0.1, 0.15) is 30.3 Å². The summed E-state index contributed by atoms with van der Waals surface area (Å²) in [5, 5.41) is -1.11. The van der Waals surface area contributed by atoms with Gasteiger partial charge in [-0.3, -0.25) is 4.55 Å². The van der Waals surface area contributed by atoms with Crippen LogP contribution in [0, 0.1) is 0 Å². The fraction of sp³-hybridized carbons (Fsp3) is 0.294. The molecule has 0 aliphatic carbocycles. The van der Waals surface area contributed by atoms with Gasteiger partial charge in [-0.1, -0.05) is 49.4 Å². The van der Waals surface area contributed by atoms with Crippen LogP contribution >= 0.6 is 0 Å². The van der Waals surface area contributed by atoms with Gasteiger partial charge in [0.1, 0.15) is 0 Å². The summed E-state index contributed by atoms with van der Waals surface area (Å²) in [5.74, 6) is 0.